The number of hydrogen-bond acceptors (Lipinski definition) is 5. The number of amides is 2. The highest BCUT2D eigenvalue weighted by Crippen LogP contribution is 2.19. The van der Waals surface area contributed by atoms with Crippen LogP contribution in [0.15, 0.2) is 53.4 Å². The zero-order chi connectivity index (χ0) is 23.2. The normalized spacial score (nSPS) is 12.3. The van der Waals surface area contributed by atoms with Gasteiger partial charge in [0.05, 0.1) is 18.6 Å². The highest BCUT2D eigenvalue weighted by Gasteiger charge is 2.30. The maximum atomic E-state index is 13.1. The van der Waals surface area contributed by atoms with E-state index in [9.17, 15) is 18.0 Å². The molecule has 168 valence electrons. The molecule has 0 radical (unpaired) electrons. The molecule has 2 aromatic rings. The molecular formula is C21H26ClN3O5S. The van der Waals surface area contributed by atoms with Gasteiger partial charge in [-0.15, -0.1) is 0 Å². The van der Waals surface area contributed by atoms with Gasteiger partial charge in [-0.25, -0.2) is 8.42 Å². The lowest BCUT2D eigenvalue weighted by Gasteiger charge is -2.30. The van der Waals surface area contributed by atoms with Gasteiger partial charge in [-0.05, 0) is 48.9 Å². The second-order valence-corrected chi connectivity index (χ2v) is 9.36. The Morgan fingerprint density at radius 3 is 2.39 bits per heavy atom. The first kappa shape index (κ1) is 24.6. The van der Waals surface area contributed by atoms with Gasteiger partial charge in [0.25, 0.3) is 0 Å². The first-order chi connectivity index (χ1) is 14.6. The number of nitrogens with zero attached hydrogens (tertiary/aromatic N) is 2. The van der Waals surface area contributed by atoms with Crippen molar-refractivity contribution < 1.29 is 22.7 Å². The van der Waals surface area contributed by atoms with E-state index < -0.39 is 28.5 Å². The third-order valence-corrected chi connectivity index (χ3v) is 6.85. The third kappa shape index (κ3) is 6.19. The lowest BCUT2D eigenvalue weighted by Crippen LogP contribution is -2.50. The van der Waals surface area contributed by atoms with Crippen molar-refractivity contribution in [2.45, 2.75) is 24.4 Å². The van der Waals surface area contributed by atoms with Gasteiger partial charge in [0.2, 0.25) is 21.8 Å². The standard InChI is InChI=1S/C21H26ClN3O5S/c1-15(21(27)23-2)25(13-16-6-5-7-18(12-16)30-4)20(26)14-24(3)31(28,29)19-10-8-17(22)9-11-19/h5-12,15H,13-14H2,1-4H3,(H,23,27)/t15-/m0/s1. The van der Waals surface area contributed by atoms with Crippen LogP contribution in [0.3, 0.4) is 0 Å². The number of halogens is 1. The molecule has 2 amide bonds. The van der Waals surface area contributed by atoms with Gasteiger partial charge in [-0.2, -0.15) is 4.31 Å². The van der Waals surface area contributed by atoms with E-state index in [0.29, 0.717) is 10.8 Å². The Balaban J connectivity index is 2.27. The Hall–Kier alpha value is -2.62. The van der Waals surface area contributed by atoms with Gasteiger partial charge in [0.1, 0.15) is 11.8 Å². The topological polar surface area (TPSA) is 96.0 Å². The number of carbonyl (C=O) groups is 2. The molecule has 0 saturated heterocycles. The summed E-state index contributed by atoms with van der Waals surface area (Å²) in [5.41, 5.74) is 0.742. The van der Waals surface area contributed by atoms with Gasteiger partial charge in [-0.3, -0.25) is 9.59 Å². The number of likely N-dealkylation sites (N-methyl/N-ethyl adjacent to an activating group) is 2. The molecule has 2 aromatic carbocycles. The van der Waals surface area contributed by atoms with Crippen molar-refractivity contribution in [1.82, 2.24) is 14.5 Å². The Bertz CT molecular complexity index is 1030. The minimum Gasteiger partial charge on any atom is -0.497 e. The molecule has 0 saturated carbocycles. The van der Waals surface area contributed by atoms with Gasteiger partial charge >= 0.3 is 0 Å². The SMILES string of the molecule is CNC(=O)[C@H](C)N(Cc1cccc(OC)c1)C(=O)CN(C)S(=O)(=O)c1ccc(Cl)cc1. The summed E-state index contributed by atoms with van der Waals surface area (Å²) in [6, 6.07) is 12.0. The van der Waals surface area contributed by atoms with E-state index in [2.05, 4.69) is 5.32 Å². The summed E-state index contributed by atoms with van der Waals surface area (Å²) in [6.45, 7) is 1.26. The molecule has 0 aliphatic heterocycles. The van der Waals surface area contributed by atoms with Crippen LogP contribution in [0.2, 0.25) is 5.02 Å². The van der Waals surface area contributed by atoms with Crippen LogP contribution >= 0.6 is 11.6 Å². The minimum absolute atomic E-state index is 0.0193. The van der Waals surface area contributed by atoms with Crippen molar-refractivity contribution >= 4 is 33.4 Å². The third-order valence-electron chi connectivity index (χ3n) is 4.78. The van der Waals surface area contributed by atoms with E-state index in [0.717, 1.165) is 9.87 Å². The monoisotopic (exact) mass is 467 g/mol. The van der Waals surface area contributed by atoms with Crippen LogP contribution in [0.25, 0.3) is 0 Å². The van der Waals surface area contributed by atoms with E-state index in [-0.39, 0.29) is 17.3 Å². The summed E-state index contributed by atoms with van der Waals surface area (Å²) in [7, 11) is 0.413. The second-order valence-electron chi connectivity index (χ2n) is 6.88. The van der Waals surface area contributed by atoms with E-state index in [1.165, 1.54) is 50.4 Å². The Morgan fingerprint density at radius 1 is 1.16 bits per heavy atom. The summed E-state index contributed by atoms with van der Waals surface area (Å²) in [5, 5.41) is 2.93. The first-order valence-electron chi connectivity index (χ1n) is 9.46. The van der Waals surface area contributed by atoms with Crippen molar-refractivity contribution in [2.24, 2.45) is 0 Å². The van der Waals surface area contributed by atoms with E-state index in [1.807, 2.05) is 0 Å². The summed E-state index contributed by atoms with van der Waals surface area (Å²) in [6.07, 6.45) is 0. The van der Waals surface area contributed by atoms with Crippen molar-refractivity contribution in [3.05, 3.63) is 59.1 Å². The van der Waals surface area contributed by atoms with Crippen molar-refractivity contribution in [1.29, 1.82) is 0 Å². The zero-order valence-corrected chi connectivity index (χ0v) is 19.4. The van der Waals surface area contributed by atoms with Crippen LogP contribution in [-0.4, -0.2) is 63.2 Å². The number of methoxy groups -OCH3 is 1. The molecule has 10 heteroatoms. The molecule has 0 aromatic heterocycles. The minimum atomic E-state index is -3.91. The molecule has 1 atom stereocenters. The predicted molar refractivity (Wildman–Crippen MR) is 118 cm³/mol. The summed E-state index contributed by atoms with van der Waals surface area (Å²) in [5.74, 6) is -0.265. The number of carbonyl (C=O) groups excluding carboxylic acids is 2. The number of nitrogens with one attached hydrogen (secondary N) is 1. The Morgan fingerprint density at radius 2 is 1.81 bits per heavy atom. The van der Waals surface area contributed by atoms with E-state index >= 15 is 0 Å². The van der Waals surface area contributed by atoms with Crippen molar-refractivity contribution in [3.63, 3.8) is 0 Å². The highest BCUT2D eigenvalue weighted by atomic mass is 35.5. The fraction of sp³-hybridized carbons (Fsp3) is 0.333. The Kier molecular flexibility index (Phi) is 8.43. The van der Waals surface area contributed by atoms with Crippen LogP contribution < -0.4 is 10.1 Å². The largest absolute Gasteiger partial charge is 0.497 e. The number of sulfonamides is 1. The van der Waals surface area contributed by atoms with Crippen LogP contribution in [0, 0.1) is 0 Å². The molecule has 0 aliphatic carbocycles. The lowest BCUT2D eigenvalue weighted by molar-refractivity contribution is -0.140. The highest BCUT2D eigenvalue weighted by molar-refractivity contribution is 7.89. The zero-order valence-electron chi connectivity index (χ0n) is 17.8. The predicted octanol–water partition coefficient (Wildman–Crippen LogP) is 2.13. The maximum absolute atomic E-state index is 13.1. The van der Waals surface area contributed by atoms with Gasteiger partial charge in [-0.1, -0.05) is 23.7 Å². The molecule has 0 spiro atoms. The second kappa shape index (κ2) is 10.6. The van der Waals surface area contributed by atoms with E-state index in [4.69, 9.17) is 16.3 Å². The van der Waals surface area contributed by atoms with Crippen LogP contribution in [-0.2, 0) is 26.2 Å². The van der Waals surface area contributed by atoms with Crippen LogP contribution in [0.4, 0.5) is 0 Å². The molecule has 0 heterocycles. The smallest absolute Gasteiger partial charge is 0.243 e. The molecular weight excluding hydrogens is 442 g/mol. The average molecular weight is 468 g/mol. The molecule has 1 N–H and O–H groups in total. The number of rotatable bonds is 9. The summed E-state index contributed by atoms with van der Waals surface area (Å²) >= 11 is 5.83. The van der Waals surface area contributed by atoms with Gasteiger partial charge in [0, 0.05) is 25.7 Å². The van der Waals surface area contributed by atoms with Gasteiger partial charge in [0.15, 0.2) is 0 Å². The quantitative estimate of drug-likeness (QED) is 0.609. The molecule has 0 bridgehead atoms. The molecule has 0 aliphatic rings. The Labute approximate surface area is 187 Å². The summed E-state index contributed by atoms with van der Waals surface area (Å²) < 4.78 is 31.8. The summed E-state index contributed by atoms with van der Waals surface area (Å²) in [4.78, 5) is 26.7. The van der Waals surface area contributed by atoms with Crippen LogP contribution in [0.1, 0.15) is 12.5 Å². The molecule has 0 fully saturated rings. The van der Waals surface area contributed by atoms with Crippen molar-refractivity contribution in [2.75, 3.05) is 27.7 Å². The fourth-order valence-electron chi connectivity index (χ4n) is 2.91. The van der Waals surface area contributed by atoms with Crippen LogP contribution in [0.5, 0.6) is 5.75 Å². The molecule has 8 nitrogen and oxygen atoms in total. The number of benzene rings is 2. The molecule has 2 rings (SSSR count). The maximum Gasteiger partial charge on any atom is 0.243 e. The average Bonchev–Trinajstić information content (AvgIpc) is 2.76. The van der Waals surface area contributed by atoms with E-state index in [1.54, 1.807) is 31.2 Å². The van der Waals surface area contributed by atoms with Crippen molar-refractivity contribution in [3.8, 4) is 5.75 Å². The number of ether oxygens (including phenoxy) is 1. The molecule has 0 unspecified atom stereocenters. The number of hydrogen-bond donors (Lipinski definition) is 1. The van der Waals surface area contributed by atoms with Gasteiger partial charge < -0.3 is 15.0 Å². The first-order valence-corrected chi connectivity index (χ1v) is 11.3. The lowest BCUT2D eigenvalue weighted by atomic mass is 10.1. The molecule has 31 heavy (non-hydrogen) atoms. The fourth-order valence-corrected chi connectivity index (χ4v) is 4.16.